The van der Waals surface area contributed by atoms with Gasteiger partial charge in [-0.15, -0.1) is 0 Å². The second-order valence-electron chi connectivity index (χ2n) is 5.91. The van der Waals surface area contributed by atoms with Crippen molar-refractivity contribution in [2.45, 2.75) is 0 Å². The molecule has 128 valence electrons. The first kappa shape index (κ1) is 15.9. The molecule has 4 N–H and O–H groups in total. The van der Waals surface area contributed by atoms with Gasteiger partial charge in [0.05, 0.1) is 22.5 Å². The highest BCUT2D eigenvalue weighted by Gasteiger charge is 2.34. The number of nitrogens with zero attached hydrogens (tertiary/aromatic N) is 1. The second kappa shape index (κ2) is 6.34. The third kappa shape index (κ3) is 2.78. The zero-order valence-electron chi connectivity index (χ0n) is 13.8. The lowest BCUT2D eigenvalue weighted by atomic mass is 10.1. The van der Waals surface area contributed by atoms with E-state index < -0.39 is 11.8 Å². The Morgan fingerprint density at radius 1 is 0.654 bits per heavy atom. The van der Waals surface area contributed by atoms with Crippen molar-refractivity contribution in [2.24, 2.45) is 5.84 Å². The molecule has 0 aromatic heterocycles. The maximum atomic E-state index is 12.2. The highest BCUT2D eigenvalue weighted by molar-refractivity contribution is 6.22. The van der Waals surface area contributed by atoms with Crippen molar-refractivity contribution in [1.82, 2.24) is 5.01 Å². The summed E-state index contributed by atoms with van der Waals surface area (Å²) in [5.74, 6) is 4.56. The molecule has 3 aromatic carbocycles. The van der Waals surface area contributed by atoms with Crippen molar-refractivity contribution in [1.29, 1.82) is 0 Å². The number of nitrogens with one attached hydrogen (secondary N) is 2. The largest absolute Gasteiger partial charge is 0.354 e. The lowest BCUT2D eigenvalue weighted by Gasteiger charge is -2.15. The Labute approximate surface area is 150 Å². The van der Waals surface area contributed by atoms with Gasteiger partial charge in [-0.3, -0.25) is 9.59 Å². The first-order chi connectivity index (χ1) is 12.6. The number of hydrogen-bond acceptors (Lipinski definition) is 5. The SMILES string of the molecule is NN1C(=O)c2cc(Nc3ccccc3)c(Nc3ccccc3)cc2C1=O. The first-order valence-corrected chi connectivity index (χ1v) is 8.09. The Bertz CT molecular complexity index is 907. The number of carbonyl (C=O) groups excluding carboxylic acids is 2. The summed E-state index contributed by atoms with van der Waals surface area (Å²) in [6, 6.07) is 22.5. The number of rotatable bonds is 4. The lowest BCUT2D eigenvalue weighted by molar-refractivity contribution is 0.0654. The zero-order chi connectivity index (χ0) is 18.1. The fraction of sp³-hybridized carbons (Fsp3) is 0. The van der Waals surface area contributed by atoms with Gasteiger partial charge in [-0.05, 0) is 36.4 Å². The molecule has 26 heavy (non-hydrogen) atoms. The van der Waals surface area contributed by atoms with Gasteiger partial charge in [0.2, 0.25) is 0 Å². The van der Waals surface area contributed by atoms with Gasteiger partial charge in [-0.1, -0.05) is 36.4 Å². The summed E-state index contributed by atoms with van der Waals surface area (Å²) in [4.78, 5) is 24.4. The molecule has 0 bridgehead atoms. The smallest absolute Gasteiger partial charge is 0.276 e. The zero-order valence-corrected chi connectivity index (χ0v) is 13.8. The summed E-state index contributed by atoms with van der Waals surface area (Å²) in [7, 11) is 0. The number of carbonyl (C=O) groups is 2. The molecule has 0 spiro atoms. The number of benzene rings is 3. The summed E-state index contributed by atoms with van der Waals surface area (Å²) in [6.45, 7) is 0. The number of amides is 2. The van der Waals surface area contributed by atoms with Crippen molar-refractivity contribution in [3.8, 4) is 0 Å². The third-order valence-corrected chi connectivity index (χ3v) is 4.16. The molecule has 0 fully saturated rings. The average Bonchev–Trinajstić information content (AvgIpc) is 2.88. The number of imide groups is 1. The van der Waals surface area contributed by atoms with Crippen molar-refractivity contribution >= 4 is 34.6 Å². The Morgan fingerprint density at radius 2 is 1.04 bits per heavy atom. The van der Waals surface area contributed by atoms with Crippen molar-refractivity contribution in [3.63, 3.8) is 0 Å². The van der Waals surface area contributed by atoms with E-state index in [1.807, 2.05) is 60.7 Å². The van der Waals surface area contributed by atoms with E-state index in [0.29, 0.717) is 16.4 Å². The molecule has 1 aliphatic heterocycles. The minimum absolute atomic E-state index is 0.287. The molecule has 1 heterocycles. The Hall–Kier alpha value is -3.64. The number of fused-ring (bicyclic) bond motifs is 1. The van der Waals surface area contributed by atoms with Crippen LogP contribution >= 0.6 is 0 Å². The fourth-order valence-electron chi connectivity index (χ4n) is 2.87. The number of para-hydroxylation sites is 2. The quantitative estimate of drug-likeness (QED) is 0.382. The number of anilines is 4. The minimum atomic E-state index is -0.507. The molecule has 6 heteroatoms. The van der Waals surface area contributed by atoms with E-state index in [4.69, 9.17) is 5.84 Å². The normalized spacial score (nSPS) is 12.9. The van der Waals surface area contributed by atoms with Crippen LogP contribution in [-0.4, -0.2) is 16.8 Å². The summed E-state index contributed by atoms with van der Waals surface area (Å²) >= 11 is 0. The van der Waals surface area contributed by atoms with Crippen LogP contribution in [0.25, 0.3) is 0 Å². The maximum Gasteiger partial charge on any atom is 0.276 e. The van der Waals surface area contributed by atoms with Gasteiger partial charge in [0.1, 0.15) is 0 Å². The number of hydrazine groups is 1. The highest BCUT2D eigenvalue weighted by Crippen LogP contribution is 2.34. The topological polar surface area (TPSA) is 87.5 Å². The summed E-state index contributed by atoms with van der Waals surface area (Å²) in [5, 5.41) is 7.22. The van der Waals surface area contributed by atoms with Crippen LogP contribution in [0.4, 0.5) is 22.7 Å². The van der Waals surface area contributed by atoms with E-state index in [0.717, 1.165) is 11.4 Å². The fourth-order valence-corrected chi connectivity index (χ4v) is 2.87. The molecule has 0 radical (unpaired) electrons. The van der Waals surface area contributed by atoms with Crippen molar-refractivity contribution in [2.75, 3.05) is 10.6 Å². The molecule has 0 aliphatic carbocycles. The Balaban J connectivity index is 1.80. The van der Waals surface area contributed by atoms with Gasteiger partial charge in [0, 0.05) is 11.4 Å². The van der Waals surface area contributed by atoms with Gasteiger partial charge in [0.25, 0.3) is 11.8 Å². The molecule has 3 aromatic rings. The predicted octanol–water partition coefficient (Wildman–Crippen LogP) is 3.64. The molecule has 0 saturated carbocycles. The van der Waals surface area contributed by atoms with Gasteiger partial charge in [0.15, 0.2) is 0 Å². The molecule has 0 saturated heterocycles. The molecule has 2 amide bonds. The van der Waals surface area contributed by atoms with Crippen LogP contribution in [0.2, 0.25) is 0 Å². The summed E-state index contributed by atoms with van der Waals surface area (Å²) < 4.78 is 0. The van der Waals surface area contributed by atoms with E-state index in [-0.39, 0.29) is 11.1 Å². The van der Waals surface area contributed by atoms with Gasteiger partial charge in [-0.25, -0.2) is 10.9 Å². The van der Waals surface area contributed by atoms with Gasteiger partial charge < -0.3 is 10.6 Å². The maximum absolute atomic E-state index is 12.2. The van der Waals surface area contributed by atoms with Crippen LogP contribution < -0.4 is 16.5 Å². The van der Waals surface area contributed by atoms with Crippen LogP contribution in [0.15, 0.2) is 72.8 Å². The third-order valence-electron chi connectivity index (χ3n) is 4.16. The monoisotopic (exact) mass is 344 g/mol. The van der Waals surface area contributed by atoms with Crippen molar-refractivity contribution < 1.29 is 9.59 Å². The summed E-state index contributed by atoms with van der Waals surface area (Å²) in [5.41, 5.74) is 3.66. The molecular formula is C20H16N4O2. The highest BCUT2D eigenvalue weighted by atomic mass is 16.2. The van der Waals surface area contributed by atoms with Crippen molar-refractivity contribution in [3.05, 3.63) is 83.9 Å². The Kier molecular flexibility index (Phi) is 3.87. The molecule has 0 unspecified atom stereocenters. The standard InChI is InChI=1S/C20H16N4O2/c21-24-19(25)15-11-17(22-13-7-3-1-4-8-13)18(12-16(15)20(24)26)23-14-9-5-2-6-10-14/h1-12,22-23H,21H2. The van der Waals surface area contributed by atoms with E-state index in [2.05, 4.69) is 10.6 Å². The average molecular weight is 344 g/mol. The van der Waals surface area contributed by atoms with Crippen LogP contribution in [0.1, 0.15) is 20.7 Å². The molecule has 6 nitrogen and oxygen atoms in total. The number of nitrogens with two attached hydrogens (primary N) is 1. The van der Waals surface area contributed by atoms with E-state index in [1.54, 1.807) is 12.1 Å². The first-order valence-electron chi connectivity index (χ1n) is 8.09. The van der Waals surface area contributed by atoms with Crippen LogP contribution in [0.5, 0.6) is 0 Å². The molecule has 0 atom stereocenters. The van der Waals surface area contributed by atoms with Gasteiger partial charge in [-0.2, -0.15) is 0 Å². The van der Waals surface area contributed by atoms with Crippen LogP contribution in [-0.2, 0) is 0 Å². The Morgan fingerprint density at radius 3 is 1.42 bits per heavy atom. The molecule has 4 rings (SSSR count). The van der Waals surface area contributed by atoms with Crippen LogP contribution in [0, 0.1) is 0 Å². The summed E-state index contributed by atoms with van der Waals surface area (Å²) in [6.07, 6.45) is 0. The number of hydrogen-bond donors (Lipinski definition) is 3. The van der Waals surface area contributed by atoms with E-state index in [9.17, 15) is 9.59 Å². The van der Waals surface area contributed by atoms with Crippen LogP contribution in [0.3, 0.4) is 0 Å². The van der Waals surface area contributed by atoms with Gasteiger partial charge >= 0.3 is 0 Å². The lowest BCUT2D eigenvalue weighted by Crippen LogP contribution is -2.36. The predicted molar refractivity (Wildman–Crippen MR) is 101 cm³/mol. The van der Waals surface area contributed by atoms with E-state index >= 15 is 0 Å². The molecular weight excluding hydrogens is 328 g/mol. The molecule has 1 aliphatic rings. The van der Waals surface area contributed by atoms with E-state index in [1.165, 1.54) is 0 Å². The second-order valence-corrected chi connectivity index (χ2v) is 5.91. The minimum Gasteiger partial charge on any atom is -0.354 e.